The molecular formula is C15H17ClN2S2. The molecule has 2 heterocycles. The van der Waals surface area contributed by atoms with Crippen molar-refractivity contribution in [2.75, 3.05) is 5.75 Å². The number of imidazole rings is 1. The van der Waals surface area contributed by atoms with E-state index >= 15 is 0 Å². The average Bonchev–Trinajstić information content (AvgIpc) is 3.04. The first-order valence-electron chi connectivity index (χ1n) is 6.67. The van der Waals surface area contributed by atoms with E-state index in [4.69, 9.17) is 11.6 Å². The van der Waals surface area contributed by atoms with E-state index in [0.29, 0.717) is 5.25 Å². The monoisotopic (exact) mass is 324 g/mol. The van der Waals surface area contributed by atoms with Gasteiger partial charge in [0.1, 0.15) is 0 Å². The molecule has 106 valence electrons. The van der Waals surface area contributed by atoms with Gasteiger partial charge < -0.3 is 4.57 Å². The maximum Gasteiger partial charge on any atom is 0.0946 e. The molecule has 5 heteroatoms. The molecule has 0 spiro atoms. The molecule has 1 aromatic carbocycles. The molecule has 1 fully saturated rings. The Hall–Kier alpha value is -0.580. The van der Waals surface area contributed by atoms with Gasteiger partial charge in [0.25, 0.3) is 0 Å². The summed E-state index contributed by atoms with van der Waals surface area (Å²) in [5.74, 6) is 1.22. The molecule has 0 saturated carbocycles. The van der Waals surface area contributed by atoms with E-state index in [9.17, 15) is 0 Å². The molecule has 2 nitrogen and oxygen atoms in total. The van der Waals surface area contributed by atoms with Crippen molar-refractivity contribution in [1.82, 2.24) is 9.55 Å². The van der Waals surface area contributed by atoms with Gasteiger partial charge >= 0.3 is 0 Å². The fraction of sp³-hybridized carbons (Fsp3) is 0.400. The largest absolute Gasteiger partial charge is 0.335 e. The summed E-state index contributed by atoms with van der Waals surface area (Å²) in [5, 5.41) is 1.51. The molecule has 1 aliphatic heterocycles. The lowest BCUT2D eigenvalue weighted by molar-refractivity contribution is 0.625. The molecule has 0 aliphatic carbocycles. The topological polar surface area (TPSA) is 17.8 Å². The van der Waals surface area contributed by atoms with Gasteiger partial charge in [-0.15, -0.1) is 23.5 Å². The lowest BCUT2D eigenvalue weighted by atomic mass is 10.1. The summed E-state index contributed by atoms with van der Waals surface area (Å²) in [6.07, 6.45) is 6.87. The zero-order valence-corrected chi connectivity index (χ0v) is 13.7. The Bertz CT molecular complexity index is 556. The van der Waals surface area contributed by atoms with Crippen molar-refractivity contribution < 1.29 is 0 Å². The summed E-state index contributed by atoms with van der Waals surface area (Å²) in [6.45, 7) is 3.31. The third-order valence-corrected chi connectivity index (χ3v) is 7.21. The van der Waals surface area contributed by atoms with Crippen LogP contribution in [-0.2, 0) is 13.0 Å². The average molecular weight is 325 g/mol. The van der Waals surface area contributed by atoms with Crippen molar-refractivity contribution in [2.24, 2.45) is 0 Å². The number of benzene rings is 1. The highest BCUT2D eigenvalue weighted by Gasteiger charge is 2.39. The number of aromatic nitrogens is 2. The number of rotatable bonds is 4. The predicted octanol–water partition coefficient (Wildman–Crippen LogP) is 4.34. The molecule has 2 atom stereocenters. The van der Waals surface area contributed by atoms with Gasteiger partial charge in [0, 0.05) is 35.0 Å². The van der Waals surface area contributed by atoms with Gasteiger partial charge in [-0.1, -0.05) is 30.7 Å². The number of hydrogen-bond acceptors (Lipinski definition) is 3. The quantitative estimate of drug-likeness (QED) is 0.833. The Morgan fingerprint density at radius 1 is 1.40 bits per heavy atom. The maximum absolute atomic E-state index is 5.98. The summed E-state index contributed by atoms with van der Waals surface area (Å²) >= 11 is 10.1. The summed E-state index contributed by atoms with van der Waals surface area (Å²) < 4.78 is 2.39. The van der Waals surface area contributed by atoms with Gasteiger partial charge in [-0.05, 0) is 24.1 Å². The van der Waals surface area contributed by atoms with Crippen LogP contribution in [0.3, 0.4) is 0 Å². The molecule has 3 rings (SSSR count). The van der Waals surface area contributed by atoms with Gasteiger partial charge in [-0.3, -0.25) is 0 Å². The van der Waals surface area contributed by atoms with Crippen LogP contribution >= 0.6 is 35.1 Å². The van der Waals surface area contributed by atoms with Gasteiger partial charge in [0.2, 0.25) is 0 Å². The first-order valence-corrected chi connectivity index (χ1v) is 8.91. The van der Waals surface area contributed by atoms with Crippen LogP contribution in [0.1, 0.15) is 12.5 Å². The van der Waals surface area contributed by atoms with E-state index in [1.54, 1.807) is 0 Å². The van der Waals surface area contributed by atoms with E-state index in [0.717, 1.165) is 18.0 Å². The minimum atomic E-state index is 0.202. The van der Waals surface area contributed by atoms with Gasteiger partial charge in [0.05, 0.1) is 10.4 Å². The fourth-order valence-corrected chi connectivity index (χ4v) is 6.33. The van der Waals surface area contributed by atoms with E-state index in [2.05, 4.69) is 52.1 Å². The van der Waals surface area contributed by atoms with Gasteiger partial charge in [-0.25, -0.2) is 4.98 Å². The molecule has 1 aromatic heterocycles. The minimum absolute atomic E-state index is 0.202. The van der Waals surface area contributed by atoms with Crippen LogP contribution in [0, 0.1) is 0 Å². The van der Waals surface area contributed by atoms with Crippen molar-refractivity contribution in [3.63, 3.8) is 0 Å². The number of hydrogen-bond donors (Lipinski definition) is 0. The highest BCUT2D eigenvalue weighted by molar-refractivity contribution is 8.21. The molecule has 20 heavy (non-hydrogen) atoms. The summed E-state index contributed by atoms with van der Waals surface area (Å²) in [4.78, 5) is 4.16. The van der Waals surface area contributed by atoms with Crippen molar-refractivity contribution >= 4 is 35.1 Å². The fourth-order valence-electron chi connectivity index (χ4n) is 2.51. The van der Waals surface area contributed by atoms with E-state index in [1.807, 2.05) is 30.9 Å². The first-order chi connectivity index (χ1) is 9.65. The van der Waals surface area contributed by atoms with Crippen LogP contribution in [0.2, 0.25) is 5.02 Å². The number of halogens is 1. The molecule has 2 aromatic rings. The van der Waals surface area contributed by atoms with Gasteiger partial charge in [-0.2, -0.15) is 0 Å². The second-order valence-corrected chi connectivity index (χ2v) is 9.11. The zero-order valence-electron chi connectivity index (χ0n) is 11.3. The van der Waals surface area contributed by atoms with Crippen molar-refractivity contribution in [3.05, 3.63) is 53.6 Å². The molecule has 1 aliphatic rings. The van der Waals surface area contributed by atoms with Crippen molar-refractivity contribution in [1.29, 1.82) is 0 Å². The zero-order chi connectivity index (χ0) is 14.0. The Kier molecular flexibility index (Phi) is 4.34. The third-order valence-electron chi connectivity index (χ3n) is 3.37. The molecule has 2 unspecified atom stereocenters. The second-order valence-electron chi connectivity index (χ2n) is 5.19. The molecule has 0 bridgehead atoms. The van der Waals surface area contributed by atoms with E-state index in [-0.39, 0.29) is 4.08 Å². The van der Waals surface area contributed by atoms with E-state index in [1.165, 1.54) is 11.3 Å². The highest BCUT2D eigenvalue weighted by Crippen LogP contribution is 2.50. The highest BCUT2D eigenvalue weighted by atomic mass is 35.5. The first kappa shape index (κ1) is 14.4. The lowest BCUT2D eigenvalue weighted by Gasteiger charge is -2.28. The Balaban J connectivity index is 1.80. The van der Waals surface area contributed by atoms with Crippen LogP contribution in [0.5, 0.6) is 0 Å². The smallest absolute Gasteiger partial charge is 0.0946 e. The Labute approximate surface area is 133 Å². The summed E-state index contributed by atoms with van der Waals surface area (Å²) in [5.41, 5.74) is 1.35. The molecule has 0 N–H and O–H groups in total. The van der Waals surface area contributed by atoms with Crippen molar-refractivity contribution in [2.45, 2.75) is 29.2 Å². The van der Waals surface area contributed by atoms with Crippen LogP contribution < -0.4 is 0 Å². The summed E-state index contributed by atoms with van der Waals surface area (Å²) in [6, 6.07) is 8.25. The number of nitrogens with zero attached hydrogens (tertiary/aromatic N) is 2. The standard InChI is InChI=1S/C15H17ClN2S2/c1-12-9-19-15(20-12,10-18-7-6-17-11-18)8-13-2-4-14(16)5-3-13/h2-7,11-12H,8-10H2,1H3. The molecule has 0 amide bonds. The minimum Gasteiger partial charge on any atom is -0.335 e. The molecule has 0 radical (unpaired) electrons. The summed E-state index contributed by atoms with van der Waals surface area (Å²) in [7, 11) is 0. The molecule has 1 saturated heterocycles. The van der Waals surface area contributed by atoms with Gasteiger partial charge in [0.15, 0.2) is 0 Å². The van der Waals surface area contributed by atoms with Crippen LogP contribution in [0.15, 0.2) is 43.0 Å². The molecular weight excluding hydrogens is 308 g/mol. The van der Waals surface area contributed by atoms with Crippen LogP contribution in [-0.4, -0.2) is 24.6 Å². The van der Waals surface area contributed by atoms with Crippen LogP contribution in [0.4, 0.5) is 0 Å². The SMILES string of the molecule is CC1CSC(Cc2ccc(Cl)cc2)(Cn2ccnc2)S1. The third kappa shape index (κ3) is 3.35. The Morgan fingerprint density at radius 3 is 2.80 bits per heavy atom. The number of thioether (sulfide) groups is 2. The predicted molar refractivity (Wildman–Crippen MR) is 89.6 cm³/mol. The second kappa shape index (κ2) is 6.04. The normalized spacial score (nSPS) is 26.0. The van der Waals surface area contributed by atoms with E-state index < -0.39 is 0 Å². The van der Waals surface area contributed by atoms with Crippen molar-refractivity contribution in [3.8, 4) is 0 Å². The Morgan fingerprint density at radius 2 is 2.20 bits per heavy atom. The van der Waals surface area contributed by atoms with Crippen LogP contribution in [0.25, 0.3) is 0 Å². The maximum atomic E-state index is 5.98. The lowest BCUT2D eigenvalue weighted by Crippen LogP contribution is -2.27.